The van der Waals surface area contributed by atoms with Gasteiger partial charge in [0.25, 0.3) is 12.3 Å². The Bertz CT molecular complexity index is 873. The topological polar surface area (TPSA) is 41.6 Å². The molecule has 1 amide bonds. The van der Waals surface area contributed by atoms with Crippen molar-refractivity contribution in [1.82, 2.24) is 10.2 Å². The fourth-order valence-corrected chi connectivity index (χ4v) is 3.65. The molecule has 156 valence electrons. The van der Waals surface area contributed by atoms with Crippen LogP contribution in [0.5, 0.6) is 0 Å². The lowest BCUT2D eigenvalue weighted by molar-refractivity contribution is -0.0330. The molecule has 2 aromatic carbocycles. The lowest BCUT2D eigenvalue weighted by Crippen LogP contribution is -2.37. The van der Waals surface area contributed by atoms with Crippen LogP contribution >= 0.6 is 0 Å². The van der Waals surface area contributed by atoms with Crippen molar-refractivity contribution in [2.75, 3.05) is 19.7 Å². The summed E-state index contributed by atoms with van der Waals surface area (Å²) in [5, 5.41) is 2.79. The number of nitrogens with zero attached hydrogens (tertiary/aromatic N) is 1. The van der Waals surface area contributed by atoms with Crippen LogP contribution in [-0.2, 0) is 17.8 Å². The summed E-state index contributed by atoms with van der Waals surface area (Å²) in [6.07, 6.45) is -2.87. The molecular weight excluding hydrogens is 381 g/mol. The summed E-state index contributed by atoms with van der Waals surface area (Å²) in [5.74, 6) is -0.716. The van der Waals surface area contributed by atoms with E-state index in [9.17, 15) is 18.0 Å². The minimum absolute atomic E-state index is 0.0660. The van der Waals surface area contributed by atoms with Gasteiger partial charge in [0.05, 0.1) is 12.7 Å². The largest absolute Gasteiger partial charge is 0.371 e. The summed E-state index contributed by atoms with van der Waals surface area (Å²) in [4.78, 5) is 13.7. The molecule has 2 aliphatic rings. The molecular formula is C22H25F3N2O2. The Labute approximate surface area is 168 Å². The van der Waals surface area contributed by atoms with Crippen LogP contribution in [0.3, 0.4) is 0 Å². The summed E-state index contributed by atoms with van der Waals surface area (Å²) in [7, 11) is 0. The van der Waals surface area contributed by atoms with Crippen LogP contribution in [0.15, 0.2) is 36.4 Å². The minimum Gasteiger partial charge on any atom is -0.371 e. The Morgan fingerprint density at radius 2 is 2.00 bits per heavy atom. The van der Waals surface area contributed by atoms with Crippen molar-refractivity contribution in [2.24, 2.45) is 0 Å². The number of hydrogen-bond acceptors (Lipinski definition) is 3. The van der Waals surface area contributed by atoms with E-state index < -0.39 is 12.2 Å². The van der Waals surface area contributed by atoms with Gasteiger partial charge in [0.1, 0.15) is 5.82 Å². The monoisotopic (exact) mass is 406 g/mol. The number of benzene rings is 2. The molecule has 7 heteroatoms. The van der Waals surface area contributed by atoms with Gasteiger partial charge in [-0.15, -0.1) is 0 Å². The van der Waals surface area contributed by atoms with Crippen molar-refractivity contribution in [3.63, 3.8) is 0 Å². The zero-order valence-corrected chi connectivity index (χ0v) is 16.6. The van der Waals surface area contributed by atoms with Gasteiger partial charge in [0.2, 0.25) is 0 Å². The molecule has 0 spiro atoms. The third kappa shape index (κ3) is 4.97. The summed E-state index contributed by atoms with van der Waals surface area (Å²) >= 11 is 0. The van der Waals surface area contributed by atoms with E-state index in [0.29, 0.717) is 43.9 Å². The molecule has 4 rings (SSSR count). The molecule has 2 heterocycles. The number of halogens is 3. The predicted octanol–water partition coefficient (Wildman–Crippen LogP) is 4.61. The molecule has 2 aromatic rings. The van der Waals surface area contributed by atoms with Crippen LogP contribution in [0.4, 0.5) is 13.2 Å². The number of alkyl halides is 2. The summed E-state index contributed by atoms with van der Waals surface area (Å²) < 4.78 is 45.3. The maximum absolute atomic E-state index is 13.6. The second kappa shape index (κ2) is 9.41. The molecule has 0 saturated carbocycles. The van der Waals surface area contributed by atoms with E-state index in [2.05, 4.69) is 10.2 Å². The van der Waals surface area contributed by atoms with Gasteiger partial charge < -0.3 is 10.1 Å². The number of morpholine rings is 1. The highest BCUT2D eigenvalue weighted by molar-refractivity contribution is 5.98. The van der Waals surface area contributed by atoms with Crippen LogP contribution in [-0.4, -0.2) is 30.5 Å². The average molecular weight is 406 g/mol. The zero-order valence-electron chi connectivity index (χ0n) is 16.6. The first-order valence-corrected chi connectivity index (χ1v) is 9.82. The van der Waals surface area contributed by atoms with E-state index in [1.165, 1.54) is 12.1 Å². The van der Waals surface area contributed by atoms with Gasteiger partial charge in [0, 0.05) is 37.3 Å². The third-order valence-electron chi connectivity index (χ3n) is 4.97. The molecule has 29 heavy (non-hydrogen) atoms. The summed E-state index contributed by atoms with van der Waals surface area (Å²) in [5.41, 5.74) is 2.83. The number of ether oxygens (including phenoxy) is 1. The number of amides is 1. The Balaban J connectivity index is 0.00000117. The van der Waals surface area contributed by atoms with Gasteiger partial charge in [-0.05, 0) is 41.0 Å². The van der Waals surface area contributed by atoms with Crippen molar-refractivity contribution in [3.05, 3.63) is 70.0 Å². The molecule has 0 aliphatic carbocycles. The predicted molar refractivity (Wildman–Crippen MR) is 104 cm³/mol. The maximum atomic E-state index is 13.6. The molecule has 1 fully saturated rings. The molecule has 1 atom stereocenters. The Hall–Kier alpha value is -2.38. The Morgan fingerprint density at radius 3 is 2.76 bits per heavy atom. The highest BCUT2D eigenvalue weighted by Crippen LogP contribution is 2.28. The lowest BCUT2D eigenvalue weighted by atomic mass is 10.0. The SMILES string of the molecule is CC.O=C1NCc2cc(C3CN(Cc4cc(F)cc(C(F)F)c4)CCO3)ccc21. The number of nitrogens with one attached hydrogen (secondary N) is 1. The normalized spacial score (nSPS) is 18.8. The second-order valence-corrected chi connectivity index (χ2v) is 6.89. The van der Waals surface area contributed by atoms with Crippen LogP contribution in [0.1, 0.15) is 59.0 Å². The van der Waals surface area contributed by atoms with Gasteiger partial charge in [-0.1, -0.05) is 26.0 Å². The number of rotatable bonds is 4. The molecule has 1 saturated heterocycles. The molecule has 1 unspecified atom stereocenters. The summed E-state index contributed by atoms with van der Waals surface area (Å²) in [6.45, 7) is 6.60. The van der Waals surface area contributed by atoms with Gasteiger partial charge >= 0.3 is 0 Å². The van der Waals surface area contributed by atoms with Crippen molar-refractivity contribution in [2.45, 2.75) is 39.5 Å². The van der Waals surface area contributed by atoms with Crippen LogP contribution in [0.2, 0.25) is 0 Å². The van der Waals surface area contributed by atoms with E-state index in [0.717, 1.165) is 17.2 Å². The third-order valence-corrected chi connectivity index (χ3v) is 4.97. The van der Waals surface area contributed by atoms with Crippen LogP contribution in [0, 0.1) is 5.82 Å². The molecule has 1 N–H and O–H groups in total. The van der Waals surface area contributed by atoms with Crippen LogP contribution in [0.25, 0.3) is 0 Å². The second-order valence-electron chi connectivity index (χ2n) is 6.89. The van der Waals surface area contributed by atoms with E-state index >= 15 is 0 Å². The van der Waals surface area contributed by atoms with Crippen molar-refractivity contribution in [3.8, 4) is 0 Å². The quantitative estimate of drug-likeness (QED) is 0.807. The van der Waals surface area contributed by atoms with Crippen LogP contribution < -0.4 is 5.32 Å². The fourth-order valence-electron chi connectivity index (χ4n) is 3.65. The number of carbonyl (C=O) groups excluding carboxylic acids is 1. The van der Waals surface area contributed by atoms with E-state index in [-0.39, 0.29) is 17.6 Å². The van der Waals surface area contributed by atoms with Crippen molar-refractivity contribution >= 4 is 5.91 Å². The van der Waals surface area contributed by atoms with E-state index in [4.69, 9.17) is 4.74 Å². The molecule has 0 bridgehead atoms. The molecule has 4 nitrogen and oxygen atoms in total. The fraction of sp³-hybridized carbons (Fsp3) is 0.409. The lowest BCUT2D eigenvalue weighted by Gasteiger charge is -2.33. The van der Waals surface area contributed by atoms with E-state index in [1.54, 1.807) is 6.07 Å². The number of hydrogen-bond donors (Lipinski definition) is 1. The van der Waals surface area contributed by atoms with Gasteiger partial charge in [-0.2, -0.15) is 0 Å². The van der Waals surface area contributed by atoms with Crippen molar-refractivity contribution in [1.29, 1.82) is 0 Å². The minimum atomic E-state index is -2.69. The standard InChI is InChI=1S/C20H19F3N2O2.C2H6/c21-16-6-12(5-14(8-16)19(22)23)10-25-3-4-27-18(11-25)13-1-2-17-15(7-13)9-24-20(17)26;1-2/h1-2,5-8,18-19H,3-4,9-11H2,(H,24,26);1-2H3. The Kier molecular flexibility index (Phi) is 6.92. The average Bonchev–Trinajstić information content (AvgIpc) is 3.09. The van der Waals surface area contributed by atoms with Gasteiger partial charge in [0.15, 0.2) is 0 Å². The highest BCUT2D eigenvalue weighted by atomic mass is 19.3. The van der Waals surface area contributed by atoms with E-state index in [1.807, 2.05) is 26.0 Å². The first kappa shape index (κ1) is 21.3. The summed E-state index contributed by atoms with van der Waals surface area (Å²) in [6, 6.07) is 9.17. The van der Waals surface area contributed by atoms with Gasteiger partial charge in [-0.3, -0.25) is 9.69 Å². The molecule has 2 aliphatic heterocycles. The Morgan fingerprint density at radius 1 is 1.21 bits per heavy atom. The zero-order chi connectivity index (χ0) is 21.0. The first-order valence-electron chi connectivity index (χ1n) is 9.82. The first-order chi connectivity index (χ1) is 14.0. The number of fused-ring (bicyclic) bond motifs is 1. The highest BCUT2D eigenvalue weighted by Gasteiger charge is 2.25. The van der Waals surface area contributed by atoms with Gasteiger partial charge in [-0.25, -0.2) is 13.2 Å². The molecule has 0 aromatic heterocycles. The number of carbonyl (C=O) groups is 1. The van der Waals surface area contributed by atoms with Crippen molar-refractivity contribution < 1.29 is 22.7 Å². The maximum Gasteiger partial charge on any atom is 0.263 e. The smallest absolute Gasteiger partial charge is 0.263 e. The molecule has 0 radical (unpaired) electrons.